The molecule has 0 N–H and O–H groups in total. The first-order valence-electron chi connectivity index (χ1n) is 6.93. The zero-order valence-electron chi connectivity index (χ0n) is 11.8. The molecule has 0 unspecified atom stereocenters. The van der Waals surface area contributed by atoms with Crippen molar-refractivity contribution in [1.29, 1.82) is 0 Å². The van der Waals surface area contributed by atoms with Gasteiger partial charge in [0.1, 0.15) is 5.75 Å². The molecule has 2 aromatic carbocycles. The molecule has 2 aromatic rings. The van der Waals surface area contributed by atoms with Gasteiger partial charge in [-0.05, 0) is 43.2 Å². The summed E-state index contributed by atoms with van der Waals surface area (Å²) in [5.74, 6) is 0.685. The third kappa shape index (κ3) is 2.95. The van der Waals surface area contributed by atoms with E-state index in [9.17, 15) is 4.79 Å². The van der Waals surface area contributed by atoms with Crippen molar-refractivity contribution >= 4 is 27.5 Å². The van der Waals surface area contributed by atoms with Crippen molar-refractivity contribution < 1.29 is 9.53 Å². The summed E-state index contributed by atoms with van der Waals surface area (Å²) in [6.45, 7) is 2.12. The van der Waals surface area contributed by atoms with E-state index in [1.165, 1.54) is 5.56 Å². The van der Waals surface area contributed by atoms with E-state index < -0.39 is 0 Å². The number of ether oxygens (including phenoxy) is 1. The van der Waals surface area contributed by atoms with Gasteiger partial charge in [-0.15, -0.1) is 0 Å². The van der Waals surface area contributed by atoms with Crippen LogP contribution in [-0.2, 0) is 11.2 Å². The normalized spacial score (nSPS) is 16.7. The van der Waals surface area contributed by atoms with Crippen molar-refractivity contribution in [1.82, 2.24) is 0 Å². The number of carbonyl (C=O) groups is 1. The second-order valence-electron chi connectivity index (χ2n) is 5.19. The predicted molar refractivity (Wildman–Crippen MR) is 86.7 cm³/mol. The molecule has 0 aromatic heterocycles. The minimum atomic E-state index is -0.00701. The lowest BCUT2D eigenvalue weighted by molar-refractivity contribution is -0.120. The van der Waals surface area contributed by atoms with Gasteiger partial charge in [0.15, 0.2) is 6.61 Å². The van der Waals surface area contributed by atoms with Crippen LogP contribution in [0.4, 0.5) is 5.69 Å². The van der Waals surface area contributed by atoms with E-state index in [4.69, 9.17) is 4.74 Å². The minimum absolute atomic E-state index is 0.00701. The maximum Gasteiger partial charge on any atom is 0.265 e. The lowest BCUT2D eigenvalue weighted by Crippen LogP contribution is -2.39. The Hall–Kier alpha value is -1.81. The molecule has 1 atom stereocenters. The van der Waals surface area contributed by atoms with Crippen LogP contribution in [0.25, 0.3) is 0 Å². The van der Waals surface area contributed by atoms with E-state index in [-0.39, 0.29) is 18.6 Å². The van der Waals surface area contributed by atoms with Crippen LogP contribution in [0.3, 0.4) is 0 Å². The molecule has 1 heterocycles. The Morgan fingerprint density at radius 3 is 2.90 bits per heavy atom. The van der Waals surface area contributed by atoms with Crippen LogP contribution in [0.15, 0.2) is 53.0 Å². The Labute approximate surface area is 132 Å². The van der Waals surface area contributed by atoms with Gasteiger partial charge in [0.2, 0.25) is 0 Å². The smallest absolute Gasteiger partial charge is 0.265 e. The average Bonchev–Trinajstić information content (AvgIpc) is 2.81. The molecule has 3 rings (SSSR count). The number of carbonyl (C=O) groups excluding carboxylic acids is 1. The Morgan fingerprint density at radius 1 is 1.29 bits per heavy atom. The van der Waals surface area contributed by atoms with Crippen LogP contribution in [0, 0.1) is 0 Å². The highest BCUT2D eigenvalue weighted by atomic mass is 79.9. The zero-order chi connectivity index (χ0) is 14.8. The number of hydrogen-bond donors (Lipinski definition) is 0. The predicted octanol–water partition coefficient (Wildman–Crippen LogP) is 3.81. The van der Waals surface area contributed by atoms with Gasteiger partial charge >= 0.3 is 0 Å². The molecule has 0 radical (unpaired) electrons. The van der Waals surface area contributed by atoms with Gasteiger partial charge in [0, 0.05) is 16.2 Å². The molecule has 21 heavy (non-hydrogen) atoms. The SMILES string of the molecule is C[C@H]1Cc2ccccc2N1C(=O)COc1cccc(Br)c1. The fourth-order valence-corrected chi connectivity index (χ4v) is 3.10. The summed E-state index contributed by atoms with van der Waals surface area (Å²) in [5.41, 5.74) is 2.23. The van der Waals surface area contributed by atoms with Crippen molar-refractivity contribution in [2.75, 3.05) is 11.5 Å². The van der Waals surface area contributed by atoms with E-state index in [2.05, 4.69) is 28.9 Å². The summed E-state index contributed by atoms with van der Waals surface area (Å²) in [6.07, 6.45) is 0.902. The quantitative estimate of drug-likeness (QED) is 0.846. The lowest BCUT2D eigenvalue weighted by atomic mass is 10.1. The molecule has 0 aliphatic carbocycles. The van der Waals surface area contributed by atoms with Gasteiger partial charge in [0.25, 0.3) is 5.91 Å². The number of halogens is 1. The average molecular weight is 346 g/mol. The molecule has 3 nitrogen and oxygen atoms in total. The minimum Gasteiger partial charge on any atom is -0.484 e. The molecule has 0 bridgehead atoms. The van der Waals surface area contributed by atoms with Gasteiger partial charge in [-0.3, -0.25) is 4.79 Å². The highest BCUT2D eigenvalue weighted by molar-refractivity contribution is 9.10. The maximum absolute atomic E-state index is 12.5. The van der Waals surface area contributed by atoms with Gasteiger partial charge in [-0.2, -0.15) is 0 Å². The van der Waals surface area contributed by atoms with Crippen LogP contribution in [0.2, 0.25) is 0 Å². The number of nitrogens with zero attached hydrogens (tertiary/aromatic N) is 1. The first-order chi connectivity index (χ1) is 10.1. The van der Waals surface area contributed by atoms with Gasteiger partial charge in [0.05, 0.1) is 0 Å². The third-order valence-corrected chi connectivity index (χ3v) is 4.13. The number of hydrogen-bond acceptors (Lipinski definition) is 2. The highest BCUT2D eigenvalue weighted by Crippen LogP contribution is 2.31. The number of rotatable bonds is 3. The fourth-order valence-electron chi connectivity index (χ4n) is 2.72. The lowest BCUT2D eigenvalue weighted by Gasteiger charge is -2.22. The van der Waals surface area contributed by atoms with Crippen LogP contribution in [0.5, 0.6) is 5.75 Å². The Bertz CT molecular complexity index is 671. The van der Waals surface area contributed by atoms with Crippen LogP contribution in [-0.4, -0.2) is 18.6 Å². The number of anilines is 1. The summed E-state index contributed by atoms with van der Waals surface area (Å²) in [5, 5.41) is 0. The van der Waals surface area contributed by atoms with Crippen LogP contribution in [0.1, 0.15) is 12.5 Å². The first-order valence-corrected chi connectivity index (χ1v) is 7.73. The summed E-state index contributed by atoms with van der Waals surface area (Å²) in [4.78, 5) is 14.3. The first kappa shape index (κ1) is 14.1. The molecular weight excluding hydrogens is 330 g/mol. The molecule has 0 saturated carbocycles. The van der Waals surface area contributed by atoms with E-state index in [0.717, 1.165) is 16.6 Å². The third-order valence-electron chi connectivity index (χ3n) is 3.63. The van der Waals surface area contributed by atoms with E-state index >= 15 is 0 Å². The Morgan fingerprint density at radius 2 is 2.10 bits per heavy atom. The van der Waals surface area contributed by atoms with Crippen molar-refractivity contribution in [2.45, 2.75) is 19.4 Å². The Kier molecular flexibility index (Phi) is 3.97. The summed E-state index contributed by atoms with van der Waals surface area (Å²) in [6, 6.07) is 15.7. The largest absolute Gasteiger partial charge is 0.484 e. The van der Waals surface area contributed by atoms with Gasteiger partial charge in [-0.1, -0.05) is 40.2 Å². The summed E-state index contributed by atoms with van der Waals surface area (Å²) >= 11 is 3.39. The molecule has 1 aliphatic rings. The second kappa shape index (κ2) is 5.90. The Balaban J connectivity index is 1.71. The van der Waals surface area contributed by atoms with E-state index in [1.807, 2.05) is 47.4 Å². The monoisotopic (exact) mass is 345 g/mol. The standard InChI is InChI=1S/C17H16BrNO2/c1-12-9-13-5-2-3-8-16(13)19(12)17(20)11-21-15-7-4-6-14(18)10-15/h2-8,10,12H,9,11H2,1H3/t12-/m0/s1. The maximum atomic E-state index is 12.5. The van der Waals surface area contributed by atoms with Gasteiger partial charge in [-0.25, -0.2) is 0 Å². The topological polar surface area (TPSA) is 29.5 Å². The number of amides is 1. The molecule has 1 aliphatic heterocycles. The molecular formula is C17H16BrNO2. The highest BCUT2D eigenvalue weighted by Gasteiger charge is 2.30. The van der Waals surface area contributed by atoms with Crippen molar-refractivity contribution in [3.63, 3.8) is 0 Å². The number of benzene rings is 2. The second-order valence-corrected chi connectivity index (χ2v) is 6.11. The van der Waals surface area contributed by atoms with Crippen LogP contribution < -0.4 is 9.64 Å². The van der Waals surface area contributed by atoms with Crippen molar-refractivity contribution in [3.05, 3.63) is 58.6 Å². The molecule has 1 amide bonds. The number of fused-ring (bicyclic) bond motifs is 1. The summed E-state index contributed by atoms with van der Waals surface area (Å²) in [7, 11) is 0. The molecule has 0 saturated heterocycles. The van der Waals surface area contributed by atoms with Crippen molar-refractivity contribution in [2.24, 2.45) is 0 Å². The zero-order valence-corrected chi connectivity index (χ0v) is 13.3. The van der Waals surface area contributed by atoms with Gasteiger partial charge < -0.3 is 9.64 Å². The van der Waals surface area contributed by atoms with Crippen molar-refractivity contribution in [3.8, 4) is 5.75 Å². The number of para-hydroxylation sites is 1. The molecule has 0 fully saturated rings. The summed E-state index contributed by atoms with van der Waals surface area (Å²) < 4.78 is 6.54. The van der Waals surface area contributed by atoms with E-state index in [1.54, 1.807) is 0 Å². The van der Waals surface area contributed by atoms with Crippen LogP contribution >= 0.6 is 15.9 Å². The molecule has 4 heteroatoms. The molecule has 0 spiro atoms. The fraction of sp³-hybridized carbons (Fsp3) is 0.235. The molecule has 108 valence electrons. The van der Waals surface area contributed by atoms with E-state index in [0.29, 0.717) is 5.75 Å².